The van der Waals surface area contributed by atoms with Gasteiger partial charge in [0, 0.05) is 75.9 Å². The van der Waals surface area contributed by atoms with Gasteiger partial charge in [0.1, 0.15) is 5.52 Å². The number of aromatic nitrogens is 3. The Kier molecular flexibility index (Phi) is 6.82. The molecule has 1 amide bonds. The number of ether oxygens (including phenoxy) is 1. The van der Waals surface area contributed by atoms with Crippen molar-refractivity contribution in [2.75, 3.05) is 62.6 Å². The van der Waals surface area contributed by atoms with Gasteiger partial charge in [0.05, 0.1) is 23.9 Å². The Balaban J connectivity index is 1.33. The monoisotopic (exact) mass is 461 g/mol. The number of morpholine rings is 1. The first-order valence-electron chi connectivity index (χ1n) is 12.0. The second kappa shape index (κ2) is 10.3. The molecule has 9 nitrogen and oxygen atoms in total. The topological polar surface area (TPSA) is 95.5 Å². The van der Waals surface area contributed by atoms with Crippen molar-refractivity contribution < 1.29 is 9.53 Å². The van der Waals surface area contributed by atoms with Gasteiger partial charge in [-0.1, -0.05) is 19.1 Å². The standard InChI is InChI=1S/C25H31N7O2/c1-2-23(33)32-12-10-31(11-13-32)19-5-3-18(4-6-19)21-15-22-24(28-8-7-27-22)25(30-21)29-17-20-16-26-9-14-34-20/h3-8,15,20,26H,2,9-14,16-17H2,1H3,(H,29,30). The fourth-order valence-corrected chi connectivity index (χ4v) is 4.49. The van der Waals surface area contributed by atoms with Gasteiger partial charge in [0.2, 0.25) is 5.91 Å². The Morgan fingerprint density at radius 2 is 1.94 bits per heavy atom. The summed E-state index contributed by atoms with van der Waals surface area (Å²) in [6.07, 6.45) is 4.06. The number of anilines is 2. The number of pyridine rings is 1. The molecule has 34 heavy (non-hydrogen) atoms. The molecule has 9 heteroatoms. The van der Waals surface area contributed by atoms with E-state index in [4.69, 9.17) is 9.72 Å². The first-order chi connectivity index (χ1) is 16.7. The molecule has 178 valence electrons. The Labute approximate surface area is 199 Å². The van der Waals surface area contributed by atoms with E-state index in [2.05, 4.69) is 49.8 Å². The van der Waals surface area contributed by atoms with Crippen LogP contribution >= 0.6 is 0 Å². The summed E-state index contributed by atoms with van der Waals surface area (Å²) in [6.45, 7) is 8.24. The Morgan fingerprint density at radius 1 is 1.15 bits per heavy atom. The van der Waals surface area contributed by atoms with E-state index in [0.29, 0.717) is 13.0 Å². The number of piperazine rings is 1. The number of carbonyl (C=O) groups is 1. The van der Waals surface area contributed by atoms with Gasteiger partial charge >= 0.3 is 0 Å². The van der Waals surface area contributed by atoms with Crippen LogP contribution in [0, 0.1) is 0 Å². The van der Waals surface area contributed by atoms with Crippen LogP contribution in [0.1, 0.15) is 13.3 Å². The van der Waals surface area contributed by atoms with Crippen LogP contribution in [0.2, 0.25) is 0 Å². The molecule has 0 aliphatic carbocycles. The van der Waals surface area contributed by atoms with Crippen molar-refractivity contribution in [3.63, 3.8) is 0 Å². The molecule has 2 fully saturated rings. The number of nitrogens with one attached hydrogen (secondary N) is 2. The van der Waals surface area contributed by atoms with Crippen LogP contribution in [0.3, 0.4) is 0 Å². The third-order valence-electron chi connectivity index (χ3n) is 6.42. The minimum absolute atomic E-state index is 0.0956. The van der Waals surface area contributed by atoms with Crippen molar-refractivity contribution in [1.29, 1.82) is 0 Å². The molecule has 3 aromatic rings. The number of fused-ring (bicyclic) bond motifs is 1. The molecule has 2 aliphatic heterocycles. The second-order valence-electron chi connectivity index (χ2n) is 8.63. The van der Waals surface area contributed by atoms with Crippen molar-refractivity contribution >= 4 is 28.4 Å². The van der Waals surface area contributed by atoms with E-state index >= 15 is 0 Å². The van der Waals surface area contributed by atoms with Crippen molar-refractivity contribution in [3.05, 3.63) is 42.7 Å². The number of nitrogens with zero attached hydrogens (tertiary/aromatic N) is 5. The summed E-state index contributed by atoms with van der Waals surface area (Å²) >= 11 is 0. The predicted octanol–water partition coefficient (Wildman–Crippen LogP) is 2.15. The van der Waals surface area contributed by atoms with Gasteiger partial charge in [-0.2, -0.15) is 0 Å². The molecule has 0 bridgehead atoms. The van der Waals surface area contributed by atoms with Gasteiger partial charge < -0.3 is 25.2 Å². The van der Waals surface area contributed by atoms with Crippen LogP contribution in [0.25, 0.3) is 22.3 Å². The molecule has 4 heterocycles. The SMILES string of the molecule is CCC(=O)N1CCN(c2ccc(-c3cc4nccnc4c(NCC4CNCCO4)n3)cc2)CC1. The Hall–Kier alpha value is -3.30. The average Bonchev–Trinajstić information content (AvgIpc) is 2.92. The molecule has 5 rings (SSSR count). The summed E-state index contributed by atoms with van der Waals surface area (Å²) in [7, 11) is 0. The summed E-state index contributed by atoms with van der Waals surface area (Å²) < 4.78 is 5.81. The third-order valence-corrected chi connectivity index (χ3v) is 6.42. The maximum absolute atomic E-state index is 11.9. The molecule has 0 radical (unpaired) electrons. The molecule has 0 spiro atoms. The highest BCUT2D eigenvalue weighted by atomic mass is 16.5. The molecular formula is C25H31N7O2. The van der Waals surface area contributed by atoms with Gasteiger partial charge in [-0.05, 0) is 18.2 Å². The van der Waals surface area contributed by atoms with E-state index in [9.17, 15) is 4.79 Å². The smallest absolute Gasteiger partial charge is 0.222 e. The van der Waals surface area contributed by atoms with Crippen molar-refractivity contribution in [3.8, 4) is 11.3 Å². The van der Waals surface area contributed by atoms with Gasteiger partial charge in [-0.25, -0.2) is 9.97 Å². The average molecular weight is 462 g/mol. The second-order valence-corrected chi connectivity index (χ2v) is 8.63. The number of rotatable bonds is 6. The lowest BCUT2D eigenvalue weighted by Gasteiger charge is -2.36. The predicted molar refractivity (Wildman–Crippen MR) is 133 cm³/mol. The minimum Gasteiger partial charge on any atom is -0.374 e. The van der Waals surface area contributed by atoms with Gasteiger partial charge in [-0.3, -0.25) is 9.78 Å². The Morgan fingerprint density at radius 3 is 2.68 bits per heavy atom. The molecule has 1 aromatic carbocycles. The van der Waals surface area contributed by atoms with Crippen LogP contribution in [-0.4, -0.2) is 84.3 Å². The zero-order chi connectivity index (χ0) is 23.3. The van der Waals surface area contributed by atoms with E-state index in [-0.39, 0.29) is 12.0 Å². The van der Waals surface area contributed by atoms with Gasteiger partial charge in [0.25, 0.3) is 0 Å². The zero-order valence-corrected chi connectivity index (χ0v) is 19.5. The zero-order valence-electron chi connectivity index (χ0n) is 19.5. The normalized spacial score (nSPS) is 18.8. The first kappa shape index (κ1) is 22.5. The minimum atomic E-state index is 0.0956. The van der Waals surface area contributed by atoms with Crippen molar-refractivity contribution in [1.82, 2.24) is 25.2 Å². The molecule has 2 saturated heterocycles. The highest BCUT2D eigenvalue weighted by Gasteiger charge is 2.20. The lowest BCUT2D eigenvalue weighted by atomic mass is 10.1. The van der Waals surface area contributed by atoms with Crippen LogP contribution in [0.15, 0.2) is 42.7 Å². The summed E-state index contributed by atoms with van der Waals surface area (Å²) in [5, 5.41) is 6.78. The quantitative estimate of drug-likeness (QED) is 0.577. The van der Waals surface area contributed by atoms with Gasteiger partial charge in [0.15, 0.2) is 5.82 Å². The number of amides is 1. The first-order valence-corrected chi connectivity index (χ1v) is 12.0. The Bertz CT molecular complexity index is 1120. The van der Waals surface area contributed by atoms with E-state index in [1.165, 1.54) is 0 Å². The van der Waals surface area contributed by atoms with Crippen LogP contribution < -0.4 is 15.5 Å². The maximum Gasteiger partial charge on any atom is 0.222 e. The van der Waals surface area contributed by atoms with Crippen LogP contribution in [0.4, 0.5) is 11.5 Å². The van der Waals surface area contributed by atoms with E-state index in [0.717, 1.165) is 79.7 Å². The molecule has 2 N–H and O–H groups in total. The largest absolute Gasteiger partial charge is 0.374 e. The lowest BCUT2D eigenvalue weighted by Crippen LogP contribution is -2.48. The number of benzene rings is 1. The summed E-state index contributed by atoms with van der Waals surface area (Å²) in [4.78, 5) is 30.1. The van der Waals surface area contributed by atoms with E-state index in [1.54, 1.807) is 12.4 Å². The number of hydrogen-bond donors (Lipinski definition) is 2. The summed E-state index contributed by atoms with van der Waals surface area (Å²) in [6, 6.07) is 10.4. The van der Waals surface area contributed by atoms with E-state index < -0.39 is 0 Å². The third kappa shape index (κ3) is 4.95. The highest BCUT2D eigenvalue weighted by molar-refractivity contribution is 5.88. The molecule has 0 saturated carbocycles. The van der Waals surface area contributed by atoms with Crippen molar-refractivity contribution in [2.24, 2.45) is 0 Å². The fourth-order valence-electron chi connectivity index (χ4n) is 4.49. The summed E-state index contributed by atoms with van der Waals surface area (Å²) in [5.41, 5.74) is 4.59. The lowest BCUT2D eigenvalue weighted by molar-refractivity contribution is -0.131. The molecule has 1 unspecified atom stereocenters. The van der Waals surface area contributed by atoms with Crippen molar-refractivity contribution in [2.45, 2.75) is 19.4 Å². The summed E-state index contributed by atoms with van der Waals surface area (Å²) in [5.74, 6) is 0.951. The van der Waals surface area contributed by atoms with Crippen LogP contribution in [-0.2, 0) is 9.53 Å². The molecular weight excluding hydrogens is 430 g/mol. The maximum atomic E-state index is 11.9. The van der Waals surface area contributed by atoms with E-state index in [1.807, 2.05) is 17.9 Å². The van der Waals surface area contributed by atoms with Crippen LogP contribution in [0.5, 0.6) is 0 Å². The molecule has 2 aromatic heterocycles. The number of hydrogen-bond acceptors (Lipinski definition) is 8. The number of carbonyl (C=O) groups excluding carboxylic acids is 1. The molecule has 1 atom stereocenters. The highest BCUT2D eigenvalue weighted by Crippen LogP contribution is 2.27. The molecule has 2 aliphatic rings. The fraction of sp³-hybridized carbons (Fsp3) is 0.440. The van der Waals surface area contributed by atoms with Gasteiger partial charge in [-0.15, -0.1) is 0 Å².